The van der Waals surface area contributed by atoms with Crippen molar-refractivity contribution in [2.24, 2.45) is 11.7 Å². The quantitative estimate of drug-likeness (QED) is 0.909. The van der Waals surface area contributed by atoms with Gasteiger partial charge < -0.3 is 15.4 Å². The molecular formula is C17H26N2O2. The lowest BCUT2D eigenvalue weighted by atomic mass is 9.87. The zero-order valence-corrected chi connectivity index (χ0v) is 13.2. The predicted octanol–water partition coefficient (Wildman–Crippen LogP) is 3.33. The Kier molecular flexibility index (Phi) is 4.88. The summed E-state index contributed by atoms with van der Waals surface area (Å²) in [6.45, 7) is 7.10. The first-order chi connectivity index (χ1) is 9.87. The van der Waals surface area contributed by atoms with Crippen LogP contribution in [0.25, 0.3) is 0 Å². The Morgan fingerprint density at radius 1 is 1.33 bits per heavy atom. The van der Waals surface area contributed by atoms with Gasteiger partial charge in [0.25, 0.3) is 0 Å². The van der Waals surface area contributed by atoms with E-state index in [1.165, 1.54) is 0 Å². The SMILES string of the molecule is CC(C)(C)OC(=O)N1CCC[C@@H]([C@@H](N)c2ccccc2)C1. The van der Waals surface area contributed by atoms with E-state index in [9.17, 15) is 4.79 Å². The molecule has 1 aliphatic heterocycles. The van der Waals surface area contributed by atoms with Crippen LogP contribution in [0, 0.1) is 5.92 Å². The molecule has 4 heteroatoms. The van der Waals surface area contributed by atoms with E-state index >= 15 is 0 Å². The highest BCUT2D eigenvalue weighted by molar-refractivity contribution is 5.68. The Labute approximate surface area is 127 Å². The maximum Gasteiger partial charge on any atom is 0.410 e. The van der Waals surface area contributed by atoms with Crippen molar-refractivity contribution in [3.8, 4) is 0 Å². The molecule has 0 saturated carbocycles. The zero-order valence-electron chi connectivity index (χ0n) is 13.2. The van der Waals surface area contributed by atoms with Gasteiger partial charge in [-0.25, -0.2) is 4.79 Å². The maximum absolute atomic E-state index is 12.2. The number of carbonyl (C=O) groups excluding carboxylic acids is 1. The van der Waals surface area contributed by atoms with Gasteiger partial charge in [0.05, 0.1) is 0 Å². The molecule has 0 bridgehead atoms. The first-order valence-corrected chi connectivity index (χ1v) is 7.65. The molecule has 0 radical (unpaired) electrons. The van der Waals surface area contributed by atoms with Crippen LogP contribution in [-0.4, -0.2) is 29.7 Å². The Morgan fingerprint density at radius 2 is 2.00 bits per heavy atom. The molecule has 116 valence electrons. The Bertz CT molecular complexity index is 467. The molecule has 2 N–H and O–H groups in total. The first-order valence-electron chi connectivity index (χ1n) is 7.65. The van der Waals surface area contributed by atoms with E-state index in [2.05, 4.69) is 12.1 Å². The number of benzene rings is 1. The third-order valence-electron chi connectivity index (χ3n) is 3.80. The lowest BCUT2D eigenvalue weighted by molar-refractivity contribution is 0.0152. The number of amides is 1. The summed E-state index contributed by atoms with van der Waals surface area (Å²) in [4.78, 5) is 14.0. The van der Waals surface area contributed by atoms with Crippen LogP contribution in [0.5, 0.6) is 0 Å². The van der Waals surface area contributed by atoms with E-state index in [0.29, 0.717) is 6.54 Å². The molecule has 2 rings (SSSR count). The minimum atomic E-state index is -0.453. The van der Waals surface area contributed by atoms with Gasteiger partial charge in [-0.3, -0.25) is 0 Å². The number of piperidine rings is 1. The van der Waals surface area contributed by atoms with Gasteiger partial charge in [0.2, 0.25) is 0 Å². The summed E-state index contributed by atoms with van der Waals surface area (Å²) in [5, 5.41) is 0. The summed E-state index contributed by atoms with van der Waals surface area (Å²) in [7, 11) is 0. The maximum atomic E-state index is 12.2. The van der Waals surface area contributed by atoms with Gasteiger partial charge in [-0.2, -0.15) is 0 Å². The molecule has 0 aliphatic carbocycles. The summed E-state index contributed by atoms with van der Waals surface area (Å²) < 4.78 is 5.46. The van der Waals surface area contributed by atoms with Crippen LogP contribution in [0.4, 0.5) is 4.79 Å². The number of nitrogens with two attached hydrogens (primary N) is 1. The van der Waals surface area contributed by atoms with Crippen LogP contribution in [0.15, 0.2) is 30.3 Å². The van der Waals surface area contributed by atoms with E-state index in [4.69, 9.17) is 10.5 Å². The Balaban J connectivity index is 1.99. The third kappa shape index (κ3) is 4.46. The van der Waals surface area contributed by atoms with Crippen LogP contribution in [0.3, 0.4) is 0 Å². The molecule has 1 saturated heterocycles. The molecule has 4 nitrogen and oxygen atoms in total. The van der Waals surface area contributed by atoms with Crippen molar-refractivity contribution >= 4 is 6.09 Å². The monoisotopic (exact) mass is 290 g/mol. The largest absolute Gasteiger partial charge is 0.444 e. The minimum absolute atomic E-state index is 0.0311. The van der Waals surface area contributed by atoms with E-state index in [1.807, 2.05) is 39.0 Å². The smallest absolute Gasteiger partial charge is 0.410 e. The lowest BCUT2D eigenvalue weighted by Crippen LogP contribution is -2.45. The van der Waals surface area contributed by atoms with Gasteiger partial charge in [-0.05, 0) is 45.1 Å². The average molecular weight is 290 g/mol. The summed E-state index contributed by atoms with van der Waals surface area (Å²) in [6.07, 6.45) is 1.80. The number of ether oxygens (including phenoxy) is 1. The highest BCUT2D eigenvalue weighted by Crippen LogP contribution is 2.28. The van der Waals surface area contributed by atoms with Gasteiger partial charge in [-0.1, -0.05) is 30.3 Å². The Morgan fingerprint density at radius 3 is 2.62 bits per heavy atom. The second kappa shape index (κ2) is 6.48. The molecule has 0 unspecified atom stereocenters. The van der Waals surface area contributed by atoms with Crippen LogP contribution < -0.4 is 5.73 Å². The molecule has 1 aliphatic rings. The van der Waals surface area contributed by atoms with Crippen LogP contribution in [0.1, 0.15) is 45.2 Å². The fraction of sp³-hybridized carbons (Fsp3) is 0.588. The fourth-order valence-corrected chi connectivity index (χ4v) is 2.74. The van der Waals surface area contributed by atoms with Crippen LogP contribution >= 0.6 is 0 Å². The molecular weight excluding hydrogens is 264 g/mol. The minimum Gasteiger partial charge on any atom is -0.444 e. The van der Waals surface area contributed by atoms with Gasteiger partial charge in [0, 0.05) is 19.1 Å². The van der Waals surface area contributed by atoms with Gasteiger partial charge in [0.1, 0.15) is 5.60 Å². The summed E-state index contributed by atoms with van der Waals surface area (Å²) in [6, 6.07) is 10.1. The molecule has 1 amide bonds. The van der Waals surface area contributed by atoms with Crippen LogP contribution in [0.2, 0.25) is 0 Å². The first kappa shape index (κ1) is 15.8. The number of hydrogen-bond donors (Lipinski definition) is 1. The number of nitrogens with zero attached hydrogens (tertiary/aromatic N) is 1. The number of hydrogen-bond acceptors (Lipinski definition) is 3. The van der Waals surface area contributed by atoms with Gasteiger partial charge in [-0.15, -0.1) is 0 Å². The number of likely N-dealkylation sites (tertiary alicyclic amines) is 1. The van der Waals surface area contributed by atoms with Crippen molar-refractivity contribution < 1.29 is 9.53 Å². The fourth-order valence-electron chi connectivity index (χ4n) is 2.74. The molecule has 0 spiro atoms. The Hall–Kier alpha value is -1.55. The van der Waals surface area contributed by atoms with Crippen molar-refractivity contribution in [1.82, 2.24) is 4.90 Å². The van der Waals surface area contributed by atoms with Gasteiger partial charge >= 0.3 is 6.09 Å². The van der Waals surface area contributed by atoms with Crippen molar-refractivity contribution in [3.05, 3.63) is 35.9 Å². The lowest BCUT2D eigenvalue weighted by Gasteiger charge is -2.36. The summed E-state index contributed by atoms with van der Waals surface area (Å²) in [5.41, 5.74) is 7.06. The molecule has 2 atom stereocenters. The van der Waals surface area contributed by atoms with Crippen molar-refractivity contribution in [1.29, 1.82) is 0 Å². The molecule has 1 fully saturated rings. The summed E-state index contributed by atoms with van der Waals surface area (Å²) in [5.74, 6) is 0.286. The van der Waals surface area contributed by atoms with Crippen molar-refractivity contribution in [2.45, 2.75) is 45.3 Å². The number of carbonyl (C=O) groups is 1. The molecule has 21 heavy (non-hydrogen) atoms. The van der Waals surface area contributed by atoms with E-state index in [-0.39, 0.29) is 18.1 Å². The standard InChI is InChI=1S/C17H26N2O2/c1-17(2,3)21-16(20)19-11-7-10-14(12-19)15(18)13-8-5-4-6-9-13/h4-6,8-9,14-15H,7,10-12,18H2,1-3H3/t14-,15+/m1/s1. The topological polar surface area (TPSA) is 55.6 Å². The van der Waals surface area contributed by atoms with E-state index in [0.717, 1.165) is 24.9 Å². The molecule has 1 aromatic rings. The zero-order chi connectivity index (χ0) is 15.5. The second-order valence-corrected chi connectivity index (χ2v) is 6.77. The highest BCUT2D eigenvalue weighted by atomic mass is 16.6. The molecule has 0 aromatic heterocycles. The van der Waals surface area contributed by atoms with Crippen LogP contribution in [-0.2, 0) is 4.74 Å². The summed E-state index contributed by atoms with van der Waals surface area (Å²) >= 11 is 0. The number of rotatable bonds is 2. The molecule has 1 heterocycles. The van der Waals surface area contributed by atoms with E-state index in [1.54, 1.807) is 4.90 Å². The van der Waals surface area contributed by atoms with Gasteiger partial charge in [0.15, 0.2) is 0 Å². The third-order valence-corrected chi connectivity index (χ3v) is 3.80. The average Bonchev–Trinajstić information content (AvgIpc) is 2.46. The molecule has 1 aromatic carbocycles. The second-order valence-electron chi connectivity index (χ2n) is 6.77. The van der Waals surface area contributed by atoms with Crippen molar-refractivity contribution in [3.63, 3.8) is 0 Å². The predicted molar refractivity (Wildman–Crippen MR) is 83.9 cm³/mol. The normalized spacial score (nSPS) is 21.0. The highest BCUT2D eigenvalue weighted by Gasteiger charge is 2.30. The van der Waals surface area contributed by atoms with Crippen molar-refractivity contribution in [2.75, 3.05) is 13.1 Å². The van der Waals surface area contributed by atoms with E-state index < -0.39 is 5.60 Å².